The van der Waals surface area contributed by atoms with Gasteiger partial charge < -0.3 is 10.6 Å². The first-order valence-electron chi connectivity index (χ1n) is 10.7. The van der Waals surface area contributed by atoms with Crippen LogP contribution in [0.5, 0.6) is 0 Å². The van der Waals surface area contributed by atoms with E-state index < -0.39 is 11.2 Å². The molecule has 0 atom stereocenters. The quantitative estimate of drug-likeness (QED) is 0.505. The molecule has 0 spiro atoms. The van der Waals surface area contributed by atoms with Crippen molar-refractivity contribution in [3.8, 4) is 0 Å². The fraction of sp³-hybridized carbons (Fsp3) is 0.375. The summed E-state index contributed by atoms with van der Waals surface area (Å²) in [4.78, 5) is 43.0. The summed E-state index contributed by atoms with van der Waals surface area (Å²) in [5, 5.41) is 2.24. The molecule has 0 saturated heterocycles. The number of aromatic amines is 1. The highest BCUT2D eigenvalue weighted by atomic mass is 32.2. The number of hydrogen-bond donors (Lipinski definition) is 2. The highest BCUT2D eigenvalue weighted by molar-refractivity contribution is 8.00. The van der Waals surface area contributed by atoms with Crippen LogP contribution >= 0.6 is 11.8 Å². The Morgan fingerprint density at radius 1 is 1.06 bits per heavy atom. The zero-order valence-corrected chi connectivity index (χ0v) is 19.7. The number of carbonyl (C=O) groups excluding carboxylic acids is 1. The monoisotopic (exact) mass is 454 g/mol. The number of rotatable bonds is 8. The summed E-state index contributed by atoms with van der Waals surface area (Å²) < 4.78 is 1.33. The van der Waals surface area contributed by atoms with Crippen LogP contribution in [0.2, 0.25) is 0 Å². The van der Waals surface area contributed by atoms with E-state index in [0.717, 1.165) is 15.7 Å². The molecule has 0 aliphatic carbocycles. The number of nitrogens with two attached hydrogens (primary N) is 1. The van der Waals surface area contributed by atoms with Crippen molar-refractivity contribution in [2.75, 3.05) is 22.9 Å². The number of carbonyl (C=O) groups is 1. The summed E-state index contributed by atoms with van der Waals surface area (Å²) in [6.45, 7) is 8.51. The Morgan fingerprint density at radius 3 is 2.41 bits per heavy atom. The van der Waals surface area contributed by atoms with Gasteiger partial charge in [0.05, 0.1) is 5.75 Å². The number of fused-ring (bicyclic) bond motifs is 1. The van der Waals surface area contributed by atoms with Gasteiger partial charge in [-0.3, -0.25) is 19.1 Å². The number of anilines is 2. The van der Waals surface area contributed by atoms with Gasteiger partial charge in [0.1, 0.15) is 5.82 Å². The molecule has 2 aromatic carbocycles. The average molecular weight is 455 g/mol. The number of amides is 1. The van der Waals surface area contributed by atoms with Crippen LogP contribution < -0.4 is 21.9 Å². The number of aromatic nitrogens is 2. The topological polar surface area (TPSA) is 101 Å². The molecule has 8 heteroatoms. The largest absolute Gasteiger partial charge is 0.383 e. The summed E-state index contributed by atoms with van der Waals surface area (Å²) in [5.74, 6) is 0.189. The molecule has 0 unspecified atom stereocenters. The maximum atomic E-state index is 13.2. The van der Waals surface area contributed by atoms with Crippen LogP contribution in [0.3, 0.4) is 0 Å². The van der Waals surface area contributed by atoms with E-state index in [4.69, 9.17) is 5.73 Å². The fourth-order valence-electron chi connectivity index (χ4n) is 3.55. The van der Waals surface area contributed by atoms with Crippen LogP contribution in [-0.4, -0.2) is 27.8 Å². The van der Waals surface area contributed by atoms with Crippen molar-refractivity contribution in [3.05, 3.63) is 63.3 Å². The van der Waals surface area contributed by atoms with E-state index in [2.05, 4.69) is 4.98 Å². The smallest absolute Gasteiger partial charge is 0.330 e. The number of thioether (sulfide) groups is 1. The predicted molar refractivity (Wildman–Crippen MR) is 132 cm³/mol. The number of benzene rings is 2. The summed E-state index contributed by atoms with van der Waals surface area (Å²) in [6, 6.07) is 14.1. The predicted octanol–water partition coefficient (Wildman–Crippen LogP) is 3.71. The van der Waals surface area contributed by atoms with Gasteiger partial charge in [-0.1, -0.05) is 58.0 Å². The third-order valence-electron chi connectivity index (χ3n) is 4.96. The number of hydrogen-bond acceptors (Lipinski definition) is 5. The Labute approximate surface area is 191 Å². The molecule has 0 saturated carbocycles. The Morgan fingerprint density at radius 2 is 1.75 bits per heavy atom. The van der Waals surface area contributed by atoms with Crippen molar-refractivity contribution in [2.45, 2.75) is 39.1 Å². The lowest BCUT2D eigenvalue weighted by Gasteiger charge is -2.26. The maximum Gasteiger partial charge on any atom is 0.330 e. The Kier molecular flexibility index (Phi) is 7.45. The molecule has 0 radical (unpaired) electrons. The average Bonchev–Trinajstić information content (AvgIpc) is 2.73. The van der Waals surface area contributed by atoms with Crippen molar-refractivity contribution in [1.29, 1.82) is 0 Å². The molecule has 170 valence electrons. The highest BCUT2D eigenvalue weighted by Gasteiger charge is 2.25. The SMILES string of the molecule is CC(C)CN(C(=O)CSc1ccc2ccccc2c1)c1c(N)n(CC(C)C)c(=O)[nH]c1=O. The molecule has 3 N–H and O–H groups in total. The lowest BCUT2D eigenvalue weighted by atomic mass is 10.1. The molecular formula is C24H30N4O3S. The Bertz CT molecular complexity index is 1230. The van der Waals surface area contributed by atoms with E-state index in [0.29, 0.717) is 13.1 Å². The third kappa shape index (κ3) is 5.43. The van der Waals surface area contributed by atoms with Gasteiger partial charge in [-0.05, 0) is 34.7 Å². The maximum absolute atomic E-state index is 13.2. The van der Waals surface area contributed by atoms with Crippen molar-refractivity contribution in [2.24, 2.45) is 11.8 Å². The summed E-state index contributed by atoms with van der Waals surface area (Å²) in [5.41, 5.74) is 5.10. The van der Waals surface area contributed by atoms with E-state index in [-0.39, 0.29) is 35.0 Å². The molecule has 1 amide bonds. The first-order valence-corrected chi connectivity index (χ1v) is 11.7. The molecule has 1 heterocycles. The fourth-order valence-corrected chi connectivity index (χ4v) is 4.37. The number of H-pyrrole nitrogens is 1. The van der Waals surface area contributed by atoms with Crippen molar-refractivity contribution >= 4 is 39.9 Å². The van der Waals surface area contributed by atoms with Gasteiger partial charge in [-0.2, -0.15) is 0 Å². The number of nitrogens with zero attached hydrogens (tertiary/aromatic N) is 2. The minimum absolute atomic E-state index is 0.0251. The van der Waals surface area contributed by atoms with Gasteiger partial charge in [-0.25, -0.2) is 4.79 Å². The molecule has 0 aliphatic heterocycles. The minimum atomic E-state index is -0.641. The van der Waals surface area contributed by atoms with Crippen LogP contribution in [0.15, 0.2) is 56.9 Å². The van der Waals surface area contributed by atoms with Crippen LogP contribution in [-0.2, 0) is 11.3 Å². The van der Waals surface area contributed by atoms with Gasteiger partial charge in [0.25, 0.3) is 5.56 Å². The van der Waals surface area contributed by atoms with Crippen LogP contribution in [0.25, 0.3) is 10.8 Å². The second-order valence-electron chi connectivity index (χ2n) is 8.69. The molecule has 0 fully saturated rings. The summed E-state index contributed by atoms with van der Waals surface area (Å²) in [7, 11) is 0. The van der Waals surface area contributed by atoms with E-state index in [9.17, 15) is 14.4 Å². The van der Waals surface area contributed by atoms with Gasteiger partial charge in [0.15, 0.2) is 5.69 Å². The van der Waals surface area contributed by atoms with Gasteiger partial charge >= 0.3 is 5.69 Å². The first-order chi connectivity index (χ1) is 15.2. The second kappa shape index (κ2) is 10.1. The lowest BCUT2D eigenvalue weighted by Crippen LogP contribution is -2.43. The Balaban J connectivity index is 1.91. The van der Waals surface area contributed by atoms with Crippen LogP contribution in [0.4, 0.5) is 11.5 Å². The molecule has 0 bridgehead atoms. The number of nitrogens with one attached hydrogen (secondary N) is 1. The van der Waals surface area contributed by atoms with Gasteiger partial charge in [0.2, 0.25) is 5.91 Å². The third-order valence-corrected chi connectivity index (χ3v) is 5.94. The van der Waals surface area contributed by atoms with Gasteiger partial charge in [-0.15, -0.1) is 11.8 Å². The summed E-state index contributed by atoms with van der Waals surface area (Å²) in [6.07, 6.45) is 0. The van der Waals surface area contributed by atoms with Crippen molar-refractivity contribution in [3.63, 3.8) is 0 Å². The molecule has 1 aromatic heterocycles. The number of nitrogen functional groups attached to an aromatic ring is 1. The zero-order chi connectivity index (χ0) is 23.4. The van der Waals surface area contributed by atoms with E-state index in [1.807, 2.05) is 70.2 Å². The highest BCUT2D eigenvalue weighted by Crippen LogP contribution is 2.26. The molecule has 7 nitrogen and oxygen atoms in total. The van der Waals surface area contributed by atoms with Gasteiger partial charge in [0, 0.05) is 18.0 Å². The molecule has 3 rings (SSSR count). The standard InChI is InChI=1S/C24H30N4O3S/c1-15(2)12-27(21-22(25)28(13-16(3)4)24(31)26-23(21)30)20(29)14-32-19-10-9-17-7-5-6-8-18(17)11-19/h5-11,15-16H,12-14,25H2,1-4H3,(H,26,30,31). The van der Waals surface area contributed by atoms with E-state index in [1.165, 1.54) is 21.2 Å². The molecule has 32 heavy (non-hydrogen) atoms. The normalized spacial score (nSPS) is 11.4. The van der Waals surface area contributed by atoms with Crippen LogP contribution in [0.1, 0.15) is 27.7 Å². The lowest BCUT2D eigenvalue weighted by molar-refractivity contribution is -0.116. The van der Waals surface area contributed by atoms with E-state index >= 15 is 0 Å². The zero-order valence-electron chi connectivity index (χ0n) is 18.9. The van der Waals surface area contributed by atoms with Crippen LogP contribution in [0, 0.1) is 11.8 Å². The molecule has 3 aromatic rings. The van der Waals surface area contributed by atoms with E-state index in [1.54, 1.807) is 0 Å². The molecular weight excluding hydrogens is 424 g/mol. The Hall–Kier alpha value is -3.00. The molecule has 0 aliphatic rings. The van der Waals surface area contributed by atoms with Crippen molar-refractivity contribution in [1.82, 2.24) is 9.55 Å². The summed E-state index contributed by atoms with van der Waals surface area (Å²) >= 11 is 1.41. The van der Waals surface area contributed by atoms with Crippen molar-refractivity contribution < 1.29 is 4.79 Å². The minimum Gasteiger partial charge on any atom is -0.383 e. The first kappa shape index (κ1) is 23.7. The second-order valence-corrected chi connectivity index (χ2v) is 9.74.